The minimum absolute atomic E-state index is 1.48. The zero-order chi connectivity index (χ0) is 16.3. The van der Waals surface area contributed by atoms with Crippen molar-refractivity contribution in [3.8, 4) is 0 Å². The van der Waals surface area contributed by atoms with Crippen molar-refractivity contribution in [3.05, 3.63) is 0 Å². The molecule has 0 spiro atoms. The van der Waals surface area contributed by atoms with Gasteiger partial charge in [-0.2, -0.15) is 0 Å². The molecule has 0 amide bonds. The van der Waals surface area contributed by atoms with Gasteiger partial charge in [-0.05, 0) is 28.2 Å². The van der Waals surface area contributed by atoms with Crippen LogP contribution in [0.3, 0.4) is 0 Å². The lowest BCUT2D eigenvalue weighted by atomic mass is 11.4. The van der Waals surface area contributed by atoms with Crippen molar-refractivity contribution in [2.75, 3.05) is 28.2 Å². The third-order valence-corrected chi connectivity index (χ3v) is 43.0. The molecule has 0 radical (unpaired) electrons. The van der Waals surface area contributed by atoms with E-state index in [0.717, 1.165) is 0 Å². The molecular weight excluding hydrogens is 313 g/mol. The first-order chi connectivity index (χ1) is 8.63. The van der Waals surface area contributed by atoms with E-state index < -0.39 is 31.0 Å². The van der Waals surface area contributed by atoms with Gasteiger partial charge in [-0.1, -0.05) is 52.4 Å². The van der Waals surface area contributed by atoms with Crippen molar-refractivity contribution >= 4 is 31.0 Å². The first-order valence-corrected chi connectivity index (χ1v) is 21.4. The molecule has 0 saturated carbocycles. The van der Waals surface area contributed by atoms with Crippen molar-refractivity contribution in [3.63, 3.8) is 0 Å². The maximum atomic E-state index is 2.70. The molecule has 0 atom stereocenters. The number of hydrogen-bond acceptors (Lipinski definition) is 4. The number of nitrogens with zero attached hydrogens (tertiary/aromatic N) is 4. The maximum Gasteiger partial charge on any atom is 0.147 e. The molecule has 8 heteroatoms. The fourth-order valence-electron chi connectivity index (χ4n) is 3.08. The van der Waals surface area contributed by atoms with E-state index in [1.54, 1.807) is 0 Å². The van der Waals surface area contributed by atoms with E-state index in [2.05, 4.69) is 99.3 Å². The number of hydrazine groups is 2. The Bertz CT molecular complexity index is 312. The van der Waals surface area contributed by atoms with E-state index in [0.29, 0.717) is 0 Å². The Morgan fingerprint density at radius 2 is 0.450 bits per heavy atom. The Kier molecular flexibility index (Phi) is 4.80. The minimum Gasteiger partial charge on any atom is -0.275 e. The second kappa shape index (κ2) is 5.12. The second-order valence-electron chi connectivity index (χ2n) is 8.33. The molecule has 0 aromatic heterocycles. The first-order valence-electron chi connectivity index (χ1n) is 7.58. The Morgan fingerprint density at radius 3 is 0.550 bits per heavy atom. The Balaban J connectivity index is 3.53. The summed E-state index contributed by atoms with van der Waals surface area (Å²) in [6, 6.07) is 0. The second-order valence-corrected chi connectivity index (χ2v) is 38.1. The van der Waals surface area contributed by atoms with E-state index in [4.69, 9.17) is 0 Å². The van der Waals surface area contributed by atoms with E-state index in [-0.39, 0.29) is 0 Å². The van der Waals surface area contributed by atoms with Crippen LogP contribution in [-0.2, 0) is 0 Å². The van der Waals surface area contributed by atoms with Crippen LogP contribution in [0.4, 0.5) is 0 Å². The molecule has 120 valence electrons. The lowest BCUT2D eigenvalue weighted by molar-refractivity contribution is 0.186. The van der Waals surface area contributed by atoms with Gasteiger partial charge in [0.2, 0.25) is 0 Å². The summed E-state index contributed by atoms with van der Waals surface area (Å²) in [7, 11) is 3.51. The van der Waals surface area contributed by atoms with Crippen LogP contribution >= 0.6 is 0 Å². The van der Waals surface area contributed by atoms with Gasteiger partial charge in [-0.15, -0.1) is 0 Å². The molecule has 20 heavy (non-hydrogen) atoms. The fourth-order valence-corrected chi connectivity index (χ4v) is 24.8. The lowest BCUT2D eigenvalue weighted by Crippen LogP contribution is -2.87. The average Bonchev–Trinajstić information content (AvgIpc) is 2.33. The van der Waals surface area contributed by atoms with Crippen LogP contribution in [0.5, 0.6) is 0 Å². The smallest absolute Gasteiger partial charge is 0.147 e. The van der Waals surface area contributed by atoms with Gasteiger partial charge in [0.05, 0.1) is 0 Å². The third kappa shape index (κ3) is 2.28. The molecule has 1 aliphatic heterocycles. The highest BCUT2D eigenvalue weighted by Crippen LogP contribution is 2.36. The quantitative estimate of drug-likeness (QED) is 0.624. The molecule has 0 aromatic carbocycles. The van der Waals surface area contributed by atoms with Gasteiger partial charge >= 0.3 is 0 Å². The Hall–Kier alpha value is 0.708. The monoisotopic (exact) mass is 348 g/mol. The van der Waals surface area contributed by atoms with Gasteiger partial charge in [-0.3, -0.25) is 18.7 Å². The Morgan fingerprint density at radius 1 is 0.350 bits per heavy atom. The Labute approximate surface area is 130 Å². The zero-order valence-electron chi connectivity index (χ0n) is 15.8. The summed E-state index contributed by atoms with van der Waals surface area (Å²) in [5, 5.41) is 0. The summed E-state index contributed by atoms with van der Waals surface area (Å²) < 4.78 is 10.8. The predicted molar refractivity (Wildman–Crippen MR) is 101 cm³/mol. The van der Waals surface area contributed by atoms with Crippen molar-refractivity contribution in [1.82, 2.24) is 18.7 Å². The molecule has 0 N–H and O–H groups in total. The van der Waals surface area contributed by atoms with Crippen LogP contribution in [-0.4, -0.2) is 77.9 Å². The summed E-state index contributed by atoms with van der Waals surface area (Å²) in [6.45, 7) is 20.5. The zero-order valence-corrected chi connectivity index (χ0v) is 19.8. The first kappa shape index (κ1) is 18.8. The topological polar surface area (TPSA) is 13.0 Å². The highest BCUT2D eigenvalue weighted by Gasteiger charge is 2.60. The van der Waals surface area contributed by atoms with Crippen LogP contribution in [0.1, 0.15) is 0 Å². The molecule has 1 saturated heterocycles. The molecule has 0 unspecified atom stereocenters. The fraction of sp³-hybridized carbons (Fsp3) is 1.00. The van der Waals surface area contributed by atoms with E-state index in [1.165, 1.54) is 0 Å². The molecule has 4 nitrogen and oxygen atoms in total. The normalized spacial score (nSPS) is 31.8. The highest BCUT2D eigenvalue weighted by molar-refractivity contribution is 7.41. The van der Waals surface area contributed by atoms with E-state index in [9.17, 15) is 0 Å². The van der Waals surface area contributed by atoms with Gasteiger partial charge in [-0.25, -0.2) is 0 Å². The molecule has 1 fully saturated rings. The SMILES string of the molecule is CN1N(C)[Si](C)(C)[Si](C)(C)N(C)N(C)[Si](C)(C)[Si]1(C)C. The lowest BCUT2D eigenvalue weighted by Gasteiger charge is -2.64. The summed E-state index contributed by atoms with van der Waals surface area (Å²) >= 11 is 0. The number of rotatable bonds is 0. The van der Waals surface area contributed by atoms with Gasteiger partial charge in [0.1, 0.15) is 31.0 Å². The minimum atomic E-state index is -1.48. The molecule has 1 heterocycles. The van der Waals surface area contributed by atoms with Crippen molar-refractivity contribution < 1.29 is 0 Å². The summed E-state index contributed by atoms with van der Waals surface area (Å²) in [4.78, 5) is 0. The van der Waals surface area contributed by atoms with Gasteiger partial charge in [0.15, 0.2) is 0 Å². The third-order valence-electron chi connectivity index (χ3n) is 7.13. The largest absolute Gasteiger partial charge is 0.275 e. The molecular formula is C12H36N4Si4. The van der Waals surface area contributed by atoms with Gasteiger partial charge in [0.25, 0.3) is 0 Å². The molecule has 0 bridgehead atoms. The summed E-state index contributed by atoms with van der Waals surface area (Å²) in [5.41, 5.74) is 0. The van der Waals surface area contributed by atoms with Crippen LogP contribution in [0.2, 0.25) is 52.4 Å². The molecule has 0 aromatic rings. The number of hydrogen-bond donors (Lipinski definition) is 0. The van der Waals surface area contributed by atoms with Crippen LogP contribution in [0.25, 0.3) is 0 Å². The van der Waals surface area contributed by atoms with Gasteiger partial charge in [0, 0.05) is 0 Å². The van der Waals surface area contributed by atoms with Crippen molar-refractivity contribution in [2.24, 2.45) is 0 Å². The molecule has 1 rings (SSSR count). The predicted octanol–water partition coefficient (Wildman–Crippen LogP) is 2.53. The van der Waals surface area contributed by atoms with Crippen molar-refractivity contribution in [1.29, 1.82) is 0 Å². The van der Waals surface area contributed by atoms with Crippen LogP contribution in [0, 0.1) is 0 Å². The van der Waals surface area contributed by atoms with E-state index in [1.807, 2.05) is 0 Å². The standard InChI is InChI=1S/C12H36N4Si4/c1-13-14(2)18(7,8)20(11,12)16(4)15(3)19(9,10)17(13,5)6/h1-12H3. The highest BCUT2D eigenvalue weighted by atomic mass is 29.3. The average molecular weight is 349 g/mol. The van der Waals surface area contributed by atoms with Gasteiger partial charge < -0.3 is 0 Å². The summed E-state index contributed by atoms with van der Waals surface area (Å²) in [5.74, 6) is 0. The van der Waals surface area contributed by atoms with Crippen LogP contribution in [0.15, 0.2) is 0 Å². The molecule has 0 aliphatic carbocycles. The summed E-state index contributed by atoms with van der Waals surface area (Å²) in [6.07, 6.45) is 0. The maximum absolute atomic E-state index is 2.70. The van der Waals surface area contributed by atoms with Crippen molar-refractivity contribution in [2.45, 2.75) is 52.4 Å². The molecule has 1 aliphatic rings. The van der Waals surface area contributed by atoms with E-state index >= 15 is 0 Å². The van der Waals surface area contributed by atoms with Crippen LogP contribution < -0.4 is 0 Å².